The summed E-state index contributed by atoms with van der Waals surface area (Å²) < 4.78 is 43.9. The van der Waals surface area contributed by atoms with Gasteiger partial charge in [-0.3, -0.25) is 4.55 Å². The van der Waals surface area contributed by atoms with Crippen LogP contribution in [0.25, 0.3) is 0 Å². The number of rotatable bonds is 6. The summed E-state index contributed by atoms with van der Waals surface area (Å²) in [4.78, 5) is 10.9. The monoisotopic (exact) mass is 412 g/mol. The molecule has 152 valence electrons. The van der Waals surface area contributed by atoms with Gasteiger partial charge in [0, 0.05) is 0 Å². The minimum Gasteiger partial charge on any atom is -0.504 e. The first kappa shape index (κ1) is 21.1. The van der Waals surface area contributed by atoms with Crippen LogP contribution in [0.4, 0.5) is 0 Å². The van der Waals surface area contributed by atoms with Crippen LogP contribution in [0.2, 0.25) is 0 Å². The molecule has 0 unspecified atom stereocenters. The largest absolute Gasteiger partial charge is 0.504 e. The molecule has 1 aromatic rings. The number of hydrogen-bond acceptors (Lipinski definition) is 11. The highest BCUT2D eigenvalue weighted by Crippen LogP contribution is 2.39. The Balaban J connectivity index is 2.23. The minimum absolute atomic E-state index is 0.475. The number of aromatic hydroxyl groups is 2. The number of aliphatic hydroxyl groups is 3. The summed E-state index contributed by atoms with van der Waals surface area (Å²) in [5.41, 5.74) is -0.475. The van der Waals surface area contributed by atoms with Crippen LogP contribution in [0.15, 0.2) is 12.1 Å². The van der Waals surface area contributed by atoms with E-state index < -0.39 is 76.5 Å². The van der Waals surface area contributed by atoms with Crippen LogP contribution in [0, 0.1) is 0 Å². The number of hydrogen-bond donors (Lipinski definition) is 7. The molecule has 1 saturated heterocycles. The molecule has 1 fully saturated rings. The van der Waals surface area contributed by atoms with Gasteiger partial charge < -0.3 is 40.1 Å². The zero-order chi connectivity index (χ0) is 20.5. The highest BCUT2D eigenvalue weighted by Gasteiger charge is 2.46. The molecule has 5 atom stereocenters. The van der Waals surface area contributed by atoms with E-state index in [-0.39, 0.29) is 0 Å². The van der Waals surface area contributed by atoms with E-state index in [0.29, 0.717) is 0 Å². The lowest BCUT2D eigenvalue weighted by atomic mass is 9.99. The molecule has 1 heterocycles. The van der Waals surface area contributed by atoms with Crippen molar-refractivity contribution in [3.63, 3.8) is 0 Å². The van der Waals surface area contributed by atoms with Crippen molar-refractivity contribution < 1.29 is 62.1 Å². The highest BCUT2D eigenvalue weighted by molar-refractivity contribution is 7.80. The maximum Gasteiger partial charge on any atom is 0.397 e. The highest BCUT2D eigenvalue weighted by atomic mass is 32.3. The van der Waals surface area contributed by atoms with E-state index in [4.69, 9.17) is 19.1 Å². The number of carboxylic acids is 1. The van der Waals surface area contributed by atoms with E-state index in [2.05, 4.69) is 4.18 Å². The Morgan fingerprint density at radius 1 is 1.07 bits per heavy atom. The minimum atomic E-state index is -4.89. The van der Waals surface area contributed by atoms with Gasteiger partial charge in [-0.2, -0.15) is 8.42 Å². The lowest BCUT2D eigenvalue weighted by molar-refractivity contribution is -0.276. The maximum absolute atomic E-state index is 10.9. The first-order chi connectivity index (χ1) is 12.4. The molecule has 0 radical (unpaired) electrons. The molecule has 14 heteroatoms. The van der Waals surface area contributed by atoms with E-state index in [1.54, 1.807) is 0 Å². The van der Waals surface area contributed by atoms with Crippen LogP contribution in [-0.2, 0) is 19.3 Å². The molecule has 0 amide bonds. The van der Waals surface area contributed by atoms with Gasteiger partial charge in [-0.15, -0.1) is 0 Å². The van der Waals surface area contributed by atoms with Crippen LogP contribution in [-0.4, -0.2) is 86.9 Å². The third-order valence-electron chi connectivity index (χ3n) is 3.58. The van der Waals surface area contributed by atoms with Gasteiger partial charge in [0.25, 0.3) is 0 Å². The van der Waals surface area contributed by atoms with Gasteiger partial charge in [-0.1, -0.05) is 0 Å². The quantitative estimate of drug-likeness (QED) is 0.247. The summed E-state index contributed by atoms with van der Waals surface area (Å²) in [6, 6.07) is 1.47. The number of carboxylic acid groups (broad SMARTS) is 1. The molecular formula is C13H16O13S. The molecule has 1 aliphatic rings. The molecule has 1 aromatic carbocycles. The fraction of sp³-hybridized carbons (Fsp3) is 0.462. The number of carbonyl (C=O) groups is 1. The van der Waals surface area contributed by atoms with Crippen molar-refractivity contribution in [2.75, 3.05) is 6.61 Å². The second-order valence-corrected chi connectivity index (χ2v) is 6.58. The summed E-state index contributed by atoms with van der Waals surface area (Å²) in [7, 11) is -4.89. The standard InChI is InChI=1S/C13H16O13S/c14-5-1-4(12(19)20)2-6(15)11(5)26-13-10(18)9(17)8(16)7(25-13)3-24-27(21,22)23/h1-2,7-10,13-18H,3H2,(H,19,20)(H,21,22,23)/t7-,8-,9+,10-,13-/m1/s1. The molecule has 2 rings (SSSR count). The normalized spacial score (nSPS) is 28.7. The van der Waals surface area contributed by atoms with Gasteiger partial charge >= 0.3 is 16.4 Å². The summed E-state index contributed by atoms with van der Waals surface area (Å²) in [6.07, 6.45) is -9.11. The summed E-state index contributed by atoms with van der Waals surface area (Å²) in [6.45, 7) is -0.959. The third kappa shape index (κ3) is 4.95. The fourth-order valence-corrected chi connectivity index (χ4v) is 2.57. The van der Waals surface area contributed by atoms with Crippen molar-refractivity contribution in [3.8, 4) is 17.2 Å². The Labute approximate surface area is 151 Å². The van der Waals surface area contributed by atoms with E-state index in [1.165, 1.54) is 0 Å². The van der Waals surface area contributed by atoms with E-state index >= 15 is 0 Å². The number of phenolic OH excluding ortho intramolecular Hbond substituents is 2. The van der Waals surface area contributed by atoms with Crippen LogP contribution < -0.4 is 4.74 Å². The lowest BCUT2D eigenvalue weighted by Crippen LogP contribution is -2.60. The number of benzene rings is 1. The van der Waals surface area contributed by atoms with Gasteiger partial charge in [-0.25, -0.2) is 8.98 Å². The molecule has 13 nitrogen and oxygen atoms in total. The Morgan fingerprint density at radius 3 is 2.11 bits per heavy atom. The van der Waals surface area contributed by atoms with Crippen LogP contribution in [0.1, 0.15) is 10.4 Å². The smallest absolute Gasteiger partial charge is 0.397 e. The maximum atomic E-state index is 10.9. The Hall–Kier alpha value is -2.20. The summed E-state index contributed by atoms with van der Waals surface area (Å²) >= 11 is 0. The van der Waals surface area contributed by atoms with Crippen LogP contribution in [0.5, 0.6) is 17.2 Å². The Morgan fingerprint density at radius 2 is 1.63 bits per heavy atom. The van der Waals surface area contributed by atoms with Gasteiger partial charge in [0.15, 0.2) is 11.5 Å². The second-order valence-electron chi connectivity index (χ2n) is 5.49. The van der Waals surface area contributed by atoms with Crippen molar-refractivity contribution in [1.82, 2.24) is 0 Å². The zero-order valence-electron chi connectivity index (χ0n) is 13.2. The molecular weight excluding hydrogens is 396 g/mol. The Bertz CT molecular complexity index is 783. The summed E-state index contributed by atoms with van der Waals surface area (Å²) in [5, 5.41) is 58.0. The fourth-order valence-electron chi connectivity index (χ4n) is 2.26. The molecule has 0 bridgehead atoms. The van der Waals surface area contributed by atoms with Gasteiger partial charge in [0.2, 0.25) is 12.0 Å². The van der Waals surface area contributed by atoms with Gasteiger partial charge in [-0.05, 0) is 12.1 Å². The van der Waals surface area contributed by atoms with Crippen molar-refractivity contribution in [2.24, 2.45) is 0 Å². The molecule has 0 spiro atoms. The molecule has 7 N–H and O–H groups in total. The lowest BCUT2D eigenvalue weighted by Gasteiger charge is -2.39. The van der Waals surface area contributed by atoms with Gasteiger partial charge in [0.1, 0.15) is 24.4 Å². The van der Waals surface area contributed by atoms with Crippen molar-refractivity contribution in [2.45, 2.75) is 30.7 Å². The third-order valence-corrected chi connectivity index (χ3v) is 4.01. The number of phenols is 2. The van der Waals surface area contributed by atoms with Crippen LogP contribution in [0.3, 0.4) is 0 Å². The predicted octanol–water partition coefficient (Wildman–Crippen LogP) is -2.20. The Kier molecular flexibility index (Phi) is 6.10. The molecule has 0 saturated carbocycles. The van der Waals surface area contributed by atoms with E-state index in [1.807, 2.05) is 0 Å². The molecule has 27 heavy (non-hydrogen) atoms. The average Bonchev–Trinajstić information content (AvgIpc) is 2.55. The summed E-state index contributed by atoms with van der Waals surface area (Å²) in [5.74, 6) is -3.84. The van der Waals surface area contributed by atoms with Gasteiger partial charge in [0.05, 0.1) is 12.2 Å². The first-order valence-electron chi connectivity index (χ1n) is 7.18. The van der Waals surface area contributed by atoms with Crippen molar-refractivity contribution in [3.05, 3.63) is 17.7 Å². The van der Waals surface area contributed by atoms with Crippen molar-refractivity contribution >= 4 is 16.4 Å². The molecule has 0 aromatic heterocycles. The van der Waals surface area contributed by atoms with Crippen LogP contribution >= 0.6 is 0 Å². The topological polar surface area (TPSA) is 221 Å². The van der Waals surface area contributed by atoms with E-state index in [9.17, 15) is 38.7 Å². The zero-order valence-corrected chi connectivity index (χ0v) is 14.1. The first-order valence-corrected chi connectivity index (χ1v) is 8.54. The molecule has 0 aliphatic carbocycles. The average molecular weight is 412 g/mol. The second kappa shape index (κ2) is 7.81. The number of ether oxygens (including phenoxy) is 2. The SMILES string of the molecule is O=C(O)c1cc(O)c(O[C@H]2O[C@H](COS(=O)(=O)O)[C@@H](O)[C@H](O)[C@H]2O)c(O)c1. The van der Waals surface area contributed by atoms with Crippen molar-refractivity contribution in [1.29, 1.82) is 0 Å². The van der Waals surface area contributed by atoms with E-state index in [0.717, 1.165) is 12.1 Å². The molecule has 1 aliphatic heterocycles. The number of aliphatic hydroxyl groups excluding tert-OH is 3. The predicted molar refractivity (Wildman–Crippen MR) is 81.5 cm³/mol. The number of aromatic carboxylic acids is 1.